The summed E-state index contributed by atoms with van der Waals surface area (Å²) in [6.07, 6.45) is -2.66. The van der Waals surface area contributed by atoms with Crippen LogP contribution in [0.3, 0.4) is 0 Å². The van der Waals surface area contributed by atoms with Crippen molar-refractivity contribution in [3.8, 4) is 0 Å². The number of aromatic nitrogens is 1. The number of carboxylic acids is 1. The predicted octanol–water partition coefficient (Wildman–Crippen LogP) is 4.90. The predicted molar refractivity (Wildman–Crippen MR) is 118 cm³/mol. The Hall–Kier alpha value is -3.69. The van der Waals surface area contributed by atoms with Crippen LogP contribution < -0.4 is 10.9 Å². The Morgan fingerprint density at radius 3 is 2.44 bits per heavy atom. The average Bonchev–Trinajstić information content (AvgIpc) is 2.73. The third-order valence-corrected chi connectivity index (χ3v) is 5.37. The van der Waals surface area contributed by atoms with Gasteiger partial charge in [0.1, 0.15) is 5.82 Å². The Morgan fingerprint density at radius 2 is 1.79 bits per heavy atom. The van der Waals surface area contributed by atoms with E-state index in [4.69, 9.17) is 5.11 Å². The van der Waals surface area contributed by atoms with E-state index in [0.29, 0.717) is 53.5 Å². The molecule has 2 N–H and O–H groups in total. The highest BCUT2D eigenvalue weighted by Crippen LogP contribution is 2.32. The third kappa shape index (κ3) is 5.81. The number of halogens is 4. The molecule has 1 heterocycles. The molecule has 0 saturated carbocycles. The Balaban J connectivity index is 1.80. The smallest absolute Gasteiger partial charge is 0.419 e. The molecule has 0 unspecified atom stereocenters. The minimum absolute atomic E-state index is 0.0144. The number of hydrogen-bond acceptors (Lipinski definition) is 3. The summed E-state index contributed by atoms with van der Waals surface area (Å²) in [5, 5.41) is 12.2. The molecule has 0 fully saturated rings. The van der Waals surface area contributed by atoms with E-state index < -0.39 is 29.4 Å². The molecule has 0 aliphatic carbocycles. The molecule has 10 heteroatoms. The van der Waals surface area contributed by atoms with Gasteiger partial charge in [0.05, 0.1) is 17.7 Å². The summed E-state index contributed by atoms with van der Waals surface area (Å²) in [4.78, 5) is 36.0. The molecule has 1 amide bonds. The van der Waals surface area contributed by atoms with Crippen LogP contribution in [0, 0.1) is 12.7 Å². The standard InChI is InChI=1S/C24H22F4N2O4/c1-14-5-7-17-16(9-11-30(23(17)34)10-3-2-4-21(32)33)22(14)29-20(31)13-15-6-8-18(19(25)12-15)24(26,27)28/h5-9,11-12H,2-4,10,13H2,1H3,(H,29,31)(H,32,33). The first-order valence-corrected chi connectivity index (χ1v) is 10.5. The average molecular weight is 478 g/mol. The number of pyridine rings is 1. The molecule has 6 nitrogen and oxygen atoms in total. The highest BCUT2D eigenvalue weighted by molar-refractivity contribution is 6.03. The minimum atomic E-state index is -4.83. The monoisotopic (exact) mass is 478 g/mol. The Bertz CT molecular complexity index is 1300. The first kappa shape index (κ1) is 24.9. The van der Waals surface area contributed by atoms with Gasteiger partial charge in [0, 0.05) is 29.9 Å². The Labute approximate surface area is 191 Å². The normalized spacial score (nSPS) is 11.6. The largest absolute Gasteiger partial charge is 0.481 e. The number of fused-ring (bicyclic) bond motifs is 1. The molecule has 0 aliphatic heterocycles. The number of nitrogens with one attached hydrogen (secondary N) is 1. The maximum absolute atomic E-state index is 13.8. The third-order valence-electron chi connectivity index (χ3n) is 5.37. The maximum Gasteiger partial charge on any atom is 0.419 e. The van der Waals surface area contributed by atoms with Crippen molar-refractivity contribution in [3.63, 3.8) is 0 Å². The second-order valence-corrected chi connectivity index (χ2v) is 7.92. The van der Waals surface area contributed by atoms with Crippen molar-refractivity contribution >= 4 is 28.3 Å². The molecule has 180 valence electrons. The van der Waals surface area contributed by atoms with E-state index in [1.54, 1.807) is 31.3 Å². The molecule has 0 aliphatic rings. The molecule has 0 atom stereocenters. The molecule has 2 aromatic carbocycles. The molecule has 0 bridgehead atoms. The summed E-state index contributed by atoms with van der Waals surface area (Å²) >= 11 is 0. The maximum atomic E-state index is 13.8. The summed E-state index contributed by atoms with van der Waals surface area (Å²) in [5.74, 6) is -2.93. The lowest BCUT2D eigenvalue weighted by atomic mass is 10.0. The summed E-state index contributed by atoms with van der Waals surface area (Å²) in [5.41, 5.74) is -0.582. The van der Waals surface area contributed by atoms with E-state index in [9.17, 15) is 31.9 Å². The number of nitrogens with zero attached hydrogens (tertiary/aromatic N) is 1. The van der Waals surface area contributed by atoms with Gasteiger partial charge in [-0.2, -0.15) is 13.2 Å². The number of aryl methyl sites for hydroxylation is 2. The van der Waals surface area contributed by atoms with E-state index in [-0.39, 0.29) is 24.0 Å². The number of carboxylic acid groups (broad SMARTS) is 1. The zero-order chi connectivity index (χ0) is 25.0. The van der Waals surface area contributed by atoms with Crippen molar-refractivity contribution in [1.29, 1.82) is 0 Å². The molecule has 0 radical (unpaired) electrons. The van der Waals surface area contributed by atoms with Crippen molar-refractivity contribution in [2.45, 2.75) is 45.3 Å². The van der Waals surface area contributed by atoms with Gasteiger partial charge >= 0.3 is 12.1 Å². The number of aliphatic carboxylic acids is 1. The SMILES string of the molecule is Cc1ccc2c(=O)n(CCCCC(=O)O)ccc2c1NC(=O)Cc1ccc(C(F)(F)F)c(F)c1. The van der Waals surface area contributed by atoms with Gasteiger partial charge in [-0.25, -0.2) is 4.39 Å². The van der Waals surface area contributed by atoms with Gasteiger partial charge in [-0.15, -0.1) is 0 Å². The van der Waals surface area contributed by atoms with E-state index in [0.717, 1.165) is 6.07 Å². The number of rotatable bonds is 8. The fourth-order valence-corrected chi connectivity index (χ4v) is 3.64. The molecular weight excluding hydrogens is 456 g/mol. The second-order valence-electron chi connectivity index (χ2n) is 7.92. The molecule has 3 rings (SSSR count). The van der Waals surface area contributed by atoms with Gasteiger partial charge in [-0.05, 0) is 55.2 Å². The lowest BCUT2D eigenvalue weighted by Crippen LogP contribution is -2.21. The van der Waals surface area contributed by atoms with Crippen LogP contribution in [0.5, 0.6) is 0 Å². The van der Waals surface area contributed by atoms with E-state index in [2.05, 4.69) is 5.32 Å². The number of amides is 1. The first-order valence-electron chi connectivity index (χ1n) is 10.5. The number of benzene rings is 2. The van der Waals surface area contributed by atoms with Crippen LogP contribution in [-0.2, 0) is 28.7 Å². The van der Waals surface area contributed by atoms with E-state index in [1.165, 1.54) is 4.57 Å². The molecule has 34 heavy (non-hydrogen) atoms. The lowest BCUT2D eigenvalue weighted by Gasteiger charge is -2.14. The summed E-state index contributed by atoms with van der Waals surface area (Å²) in [6, 6.07) is 7.27. The molecule has 0 saturated heterocycles. The number of alkyl halides is 3. The number of anilines is 1. The van der Waals surface area contributed by atoms with Crippen LogP contribution in [0.25, 0.3) is 10.8 Å². The van der Waals surface area contributed by atoms with Crippen LogP contribution in [0.4, 0.5) is 23.2 Å². The van der Waals surface area contributed by atoms with Gasteiger partial charge in [0.25, 0.3) is 5.56 Å². The summed E-state index contributed by atoms with van der Waals surface area (Å²) in [6.45, 7) is 2.07. The van der Waals surface area contributed by atoms with E-state index in [1.807, 2.05) is 0 Å². The Morgan fingerprint density at radius 1 is 1.06 bits per heavy atom. The fraction of sp³-hybridized carbons (Fsp3) is 0.292. The van der Waals surface area contributed by atoms with Crippen molar-refractivity contribution in [2.24, 2.45) is 0 Å². The minimum Gasteiger partial charge on any atom is -0.481 e. The van der Waals surface area contributed by atoms with Gasteiger partial charge in [0.2, 0.25) is 5.91 Å². The van der Waals surface area contributed by atoms with Crippen molar-refractivity contribution in [1.82, 2.24) is 4.57 Å². The molecule has 0 spiro atoms. The highest BCUT2D eigenvalue weighted by atomic mass is 19.4. The van der Waals surface area contributed by atoms with Crippen molar-refractivity contribution in [3.05, 3.63) is 75.5 Å². The quantitative estimate of drug-likeness (QED) is 0.356. The fourth-order valence-electron chi connectivity index (χ4n) is 3.64. The number of carbonyl (C=O) groups excluding carboxylic acids is 1. The number of hydrogen-bond donors (Lipinski definition) is 2. The number of unbranched alkanes of at least 4 members (excludes halogenated alkanes) is 1. The molecule has 3 aromatic rings. The second kappa shape index (κ2) is 10.1. The van der Waals surface area contributed by atoms with Crippen LogP contribution in [0.15, 0.2) is 47.4 Å². The van der Waals surface area contributed by atoms with Crippen LogP contribution in [0.2, 0.25) is 0 Å². The molecule has 1 aromatic heterocycles. The van der Waals surface area contributed by atoms with Crippen molar-refractivity contribution < 1.29 is 32.3 Å². The van der Waals surface area contributed by atoms with Crippen LogP contribution in [0.1, 0.15) is 36.0 Å². The van der Waals surface area contributed by atoms with Gasteiger partial charge in [-0.3, -0.25) is 14.4 Å². The summed E-state index contributed by atoms with van der Waals surface area (Å²) in [7, 11) is 0. The summed E-state index contributed by atoms with van der Waals surface area (Å²) < 4.78 is 53.5. The van der Waals surface area contributed by atoms with Crippen LogP contribution >= 0.6 is 0 Å². The van der Waals surface area contributed by atoms with Gasteiger partial charge in [-0.1, -0.05) is 12.1 Å². The highest BCUT2D eigenvalue weighted by Gasteiger charge is 2.34. The molecular formula is C24H22F4N2O4. The Kier molecular flexibility index (Phi) is 7.38. The first-order chi connectivity index (χ1) is 16.0. The lowest BCUT2D eigenvalue weighted by molar-refractivity contribution is -0.140. The van der Waals surface area contributed by atoms with Gasteiger partial charge < -0.3 is 15.0 Å². The van der Waals surface area contributed by atoms with E-state index >= 15 is 0 Å². The van der Waals surface area contributed by atoms with Crippen molar-refractivity contribution in [2.75, 3.05) is 5.32 Å². The van der Waals surface area contributed by atoms with Gasteiger partial charge in [0.15, 0.2) is 0 Å². The number of carbonyl (C=O) groups is 2. The van der Waals surface area contributed by atoms with Crippen LogP contribution in [-0.4, -0.2) is 21.6 Å². The zero-order valence-electron chi connectivity index (χ0n) is 18.2. The zero-order valence-corrected chi connectivity index (χ0v) is 18.2. The topological polar surface area (TPSA) is 88.4 Å².